The molecule has 0 fully saturated rings. The van der Waals surface area contributed by atoms with E-state index in [-0.39, 0.29) is 5.03 Å². The van der Waals surface area contributed by atoms with Gasteiger partial charge in [-0.2, -0.15) is 0 Å². The lowest BCUT2D eigenvalue weighted by molar-refractivity contribution is -0.120. The second-order valence-electron chi connectivity index (χ2n) is 3.99. The first-order valence-electron chi connectivity index (χ1n) is 5.91. The summed E-state index contributed by atoms with van der Waals surface area (Å²) in [6.45, 7) is 2.26. The quantitative estimate of drug-likeness (QED) is 0.733. The highest BCUT2D eigenvalue weighted by Gasteiger charge is 2.30. The summed E-state index contributed by atoms with van der Waals surface area (Å²) in [5.41, 5.74) is 0. The first kappa shape index (κ1) is 15.6. The molecule has 0 aliphatic heterocycles. The van der Waals surface area contributed by atoms with Crippen molar-refractivity contribution in [3.05, 3.63) is 24.4 Å². The Morgan fingerprint density at radius 3 is 2.79 bits per heavy atom. The van der Waals surface area contributed by atoms with E-state index in [1.165, 1.54) is 19.2 Å². The molecule has 0 aromatic carbocycles. The Morgan fingerprint density at radius 2 is 2.21 bits per heavy atom. The van der Waals surface area contributed by atoms with Crippen LogP contribution in [0.5, 0.6) is 0 Å². The minimum Gasteiger partial charge on any atom is -0.385 e. The van der Waals surface area contributed by atoms with Crippen LogP contribution in [0.15, 0.2) is 29.4 Å². The van der Waals surface area contributed by atoms with E-state index in [1.807, 2.05) is 0 Å². The maximum Gasteiger partial charge on any atom is 0.238 e. The van der Waals surface area contributed by atoms with Crippen LogP contribution in [-0.4, -0.2) is 44.8 Å². The second-order valence-corrected chi connectivity index (χ2v) is 6.21. The first-order chi connectivity index (χ1) is 9.00. The van der Waals surface area contributed by atoms with Crippen LogP contribution in [0, 0.1) is 0 Å². The molecule has 0 aliphatic rings. The Hall–Kier alpha value is -1.47. The van der Waals surface area contributed by atoms with E-state index in [4.69, 9.17) is 4.74 Å². The van der Waals surface area contributed by atoms with Crippen molar-refractivity contribution in [1.29, 1.82) is 0 Å². The van der Waals surface area contributed by atoms with Gasteiger partial charge in [-0.1, -0.05) is 6.07 Å². The minimum absolute atomic E-state index is 0.0884. The highest BCUT2D eigenvalue weighted by atomic mass is 32.2. The fourth-order valence-electron chi connectivity index (χ4n) is 1.41. The Bertz CT molecular complexity index is 502. The summed E-state index contributed by atoms with van der Waals surface area (Å²) in [4.78, 5) is 15.5. The van der Waals surface area contributed by atoms with Gasteiger partial charge in [0.25, 0.3) is 0 Å². The number of nitrogens with zero attached hydrogens (tertiary/aromatic N) is 1. The molecular formula is C12H18N2O4S. The molecule has 0 spiro atoms. The monoisotopic (exact) mass is 286 g/mol. The van der Waals surface area contributed by atoms with Crippen LogP contribution in [0.3, 0.4) is 0 Å². The lowest BCUT2D eigenvalue weighted by Crippen LogP contribution is -2.38. The lowest BCUT2D eigenvalue weighted by Gasteiger charge is -2.12. The molecule has 7 heteroatoms. The van der Waals surface area contributed by atoms with Gasteiger partial charge >= 0.3 is 0 Å². The zero-order valence-electron chi connectivity index (χ0n) is 11.0. The van der Waals surface area contributed by atoms with Gasteiger partial charge in [-0.25, -0.2) is 13.4 Å². The fourth-order valence-corrected chi connectivity index (χ4v) is 2.61. The fraction of sp³-hybridized carbons (Fsp3) is 0.500. The number of ether oxygens (including phenoxy) is 1. The number of carbonyl (C=O) groups is 1. The highest BCUT2D eigenvalue weighted by Crippen LogP contribution is 2.12. The molecule has 1 heterocycles. The van der Waals surface area contributed by atoms with Gasteiger partial charge in [0.05, 0.1) is 0 Å². The van der Waals surface area contributed by atoms with Crippen LogP contribution in [0.1, 0.15) is 13.3 Å². The van der Waals surface area contributed by atoms with Gasteiger partial charge in [0.15, 0.2) is 5.03 Å². The topological polar surface area (TPSA) is 85.4 Å². The number of nitrogens with one attached hydrogen (secondary N) is 1. The molecule has 106 valence electrons. The smallest absolute Gasteiger partial charge is 0.238 e. The molecule has 19 heavy (non-hydrogen) atoms. The molecule has 1 aromatic heterocycles. The van der Waals surface area contributed by atoms with E-state index < -0.39 is 21.0 Å². The van der Waals surface area contributed by atoms with Gasteiger partial charge in [-0.3, -0.25) is 4.79 Å². The number of carbonyl (C=O) groups excluding carboxylic acids is 1. The van der Waals surface area contributed by atoms with Crippen LogP contribution >= 0.6 is 0 Å². The van der Waals surface area contributed by atoms with Crippen LogP contribution in [0.4, 0.5) is 0 Å². The molecule has 1 rings (SSSR count). The summed E-state index contributed by atoms with van der Waals surface area (Å²) < 4.78 is 29.1. The normalized spacial score (nSPS) is 12.9. The van der Waals surface area contributed by atoms with Crippen molar-refractivity contribution in [3.63, 3.8) is 0 Å². The van der Waals surface area contributed by atoms with Crippen molar-refractivity contribution < 1.29 is 17.9 Å². The van der Waals surface area contributed by atoms with Gasteiger partial charge in [0.1, 0.15) is 5.25 Å². The lowest BCUT2D eigenvalue weighted by atomic mass is 10.4. The van der Waals surface area contributed by atoms with Crippen LogP contribution in [0.25, 0.3) is 0 Å². The van der Waals surface area contributed by atoms with E-state index in [2.05, 4.69) is 10.3 Å². The molecule has 6 nitrogen and oxygen atoms in total. The van der Waals surface area contributed by atoms with Crippen LogP contribution < -0.4 is 5.32 Å². The van der Waals surface area contributed by atoms with Gasteiger partial charge in [0.2, 0.25) is 15.7 Å². The maximum absolute atomic E-state index is 12.1. The molecule has 0 radical (unpaired) electrons. The predicted octanol–water partition coefficient (Wildman–Crippen LogP) is 0.396. The number of hydrogen-bond donors (Lipinski definition) is 1. The third-order valence-corrected chi connectivity index (χ3v) is 4.56. The molecular weight excluding hydrogens is 268 g/mol. The van der Waals surface area contributed by atoms with Crippen molar-refractivity contribution in [2.45, 2.75) is 23.6 Å². The number of amides is 1. The van der Waals surface area contributed by atoms with E-state index in [0.29, 0.717) is 19.6 Å². The van der Waals surface area contributed by atoms with Crippen molar-refractivity contribution >= 4 is 15.7 Å². The van der Waals surface area contributed by atoms with Gasteiger partial charge in [0, 0.05) is 26.5 Å². The molecule has 0 saturated carbocycles. The van der Waals surface area contributed by atoms with Gasteiger partial charge in [-0.15, -0.1) is 0 Å². The number of pyridine rings is 1. The number of sulfone groups is 1. The molecule has 0 aliphatic carbocycles. The zero-order chi connectivity index (χ0) is 14.3. The third-order valence-electron chi connectivity index (χ3n) is 2.59. The Morgan fingerprint density at radius 1 is 1.47 bits per heavy atom. The van der Waals surface area contributed by atoms with E-state index >= 15 is 0 Å². The van der Waals surface area contributed by atoms with E-state index in [1.54, 1.807) is 19.2 Å². The van der Waals surface area contributed by atoms with Gasteiger partial charge < -0.3 is 10.1 Å². The minimum atomic E-state index is -3.74. The Balaban J connectivity index is 2.66. The molecule has 1 N–H and O–H groups in total. The number of rotatable bonds is 7. The average molecular weight is 286 g/mol. The summed E-state index contributed by atoms with van der Waals surface area (Å²) >= 11 is 0. The predicted molar refractivity (Wildman–Crippen MR) is 70.4 cm³/mol. The SMILES string of the molecule is COCCCNC(=O)C(C)S(=O)(=O)c1ccccn1. The number of methoxy groups -OCH3 is 1. The van der Waals surface area contributed by atoms with Gasteiger partial charge in [-0.05, 0) is 25.5 Å². The van der Waals surface area contributed by atoms with Crippen molar-refractivity contribution in [1.82, 2.24) is 10.3 Å². The largest absolute Gasteiger partial charge is 0.385 e. The zero-order valence-corrected chi connectivity index (χ0v) is 11.8. The molecule has 1 amide bonds. The van der Waals surface area contributed by atoms with Crippen LogP contribution in [0.2, 0.25) is 0 Å². The standard InChI is InChI=1S/C12H18N2O4S/c1-10(12(15)14-8-5-9-18-2)19(16,17)11-6-3-4-7-13-11/h3-4,6-7,10H,5,8-9H2,1-2H3,(H,14,15). The van der Waals surface area contributed by atoms with E-state index in [0.717, 1.165) is 0 Å². The molecule has 0 saturated heterocycles. The number of aromatic nitrogens is 1. The van der Waals surface area contributed by atoms with E-state index in [9.17, 15) is 13.2 Å². The number of hydrogen-bond acceptors (Lipinski definition) is 5. The van der Waals surface area contributed by atoms with Crippen LogP contribution in [-0.2, 0) is 19.4 Å². The summed E-state index contributed by atoms with van der Waals surface area (Å²) in [6.07, 6.45) is 2.02. The summed E-state index contributed by atoms with van der Waals surface area (Å²) in [5, 5.41) is 1.32. The first-order valence-corrected chi connectivity index (χ1v) is 7.46. The molecule has 1 aromatic rings. The summed E-state index contributed by atoms with van der Waals surface area (Å²) in [5.74, 6) is -0.526. The Labute approximate surface area is 113 Å². The molecule has 1 unspecified atom stereocenters. The maximum atomic E-state index is 12.1. The Kier molecular flexibility index (Phi) is 5.91. The van der Waals surface area contributed by atoms with Crippen molar-refractivity contribution in [3.8, 4) is 0 Å². The summed E-state index contributed by atoms with van der Waals surface area (Å²) in [7, 11) is -2.17. The average Bonchev–Trinajstić information content (AvgIpc) is 2.43. The van der Waals surface area contributed by atoms with Crippen molar-refractivity contribution in [2.75, 3.05) is 20.3 Å². The summed E-state index contributed by atoms with van der Waals surface area (Å²) in [6, 6.07) is 4.57. The highest BCUT2D eigenvalue weighted by molar-refractivity contribution is 7.92. The molecule has 1 atom stereocenters. The molecule has 0 bridgehead atoms. The third kappa shape index (κ3) is 4.29. The second kappa shape index (κ2) is 7.20. The van der Waals surface area contributed by atoms with Crippen molar-refractivity contribution in [2.24, 2.45) is 0 Å².